The molecule has 282 valence electrons. The third-order valence-electron chi connectivity index (χ3n) is 8.94. The number of allylic oxidation sites excluding steroid dienone is 2. The molecule has 0 amide bonds. The number of aliphatic carboxylic acids is 2. The normalized spacial score (nSPS) is 12.9. The minimum atomic E-state index is -0.968. The average molecular weight is 739 g/mol. The molecule has 0 fully saturated rings. The highest BCUT2D eigenvalue weighted by atomic mass is 16.5. The monoisotopic (exact) mass is 738 g/mol. The van der Waals surface area contributed by atoms with Gasteiger partial charge in [-0.3, -0.25) is 0 Å². The smallest absolute Gasteiger partial charge is 0.333 e. The number of benzene rings is 4. The molecule has 2 atom stereocenters. The predicted molar refractivity (Wildman–Crippen MR) is 213 cm³/mol. The number of hydrogen-bond acceptors (Lipinski definition) is 6. The Morgan fingerprint density at radius 2 is 1.04 bits per heavy atom. The summed E-state index contributed by atoms with van der Waals surface area (Å²) in [7, 11) is 0. The lowest BCUT2D eigenvalue weighted by Crippen LogP contribution is -2.26. The number of hydrogen-bond donors (Lipinski definition) is 2. The van der Waals surface area contributed by atoms with Crippen LogP contribution < -0.4 is 9.47 Å². The van der Waals surface area contributed by atoms with Gasteiger partial charge in [0.15, 0.2) is 12.2 Å². The topological polar surface area (TPSA) is 112 Å². The molecule has 0 spiro atoms. The number of carboxylic acids is 2. The highest BCUT2D eigenvalue weighted by Gasteiger charge is 2.20. The quantitative estimate of drug-likeness (QED) is 0.0979. The van der Waals surface area contributed by atoms with Gasteiger partial charge in [0.1, 0.15) is 24.7 Å². The van der Waals surface area contributed by atoms with Gasteiger partial charge in [-0.2, -0.15) is 0 Å². The summed E-state index contributed by atoms with van der Waals surface area (Å²) in [6, 6.07) is 27.5. The van der Waals surface area contributed by atoms with Gasteiger partial charge in [0.25, 0.3) is 0 Å². The van der Waals surface area contributed by atoms with Crippen molar-refractivity contribution in [3.05, 3.63) is 142 Å². The van der Waals surface area contributed by atoms with Crippen LogP contribution >= 0.6 is 0 Å². The van der Waals surface area contributed by atoms with Crippen molar-refractivity contribution in [2.75, 3.05) is 26.4 Å². The standard InChI is InChI=1S/C47H46O8/c1-5-52-44(46(48)49)29-36-11-17-40(18-12-36)54-25-23-32(3)7-9-34-15-21-42-38(27-34)31-39-28-35(16-22-43(39)42)10-8-33(4)24-26-55-41-19-13-37(14-20-41)30-45(47(50)51)53-6-2/h11-24,27-28,44-45H,5-6,25-26,29-31H2,1-4H3,(H,48,49)(H,50,51)/b32-23+,33-24+. The van der Waals surface area contributed by atoms with Crippen LogP contribution in [-0.2, 0) is 38.3 Å². The first kappa shape index (κ1) is 40.1. The summed E-state index contributed by atoms with van der Waals surface area (Å²) in [4.78, 5) is 22.7. The molecule has 2 unspecified atom stereocenters. The highest BCUT2D eigenvalue weighted by molar-refractivity contribution is 5.78. The predicted octanol–water partition coefficient (Wildman–Crippen LogP) is 8.08. The van der Waals surface area contributed by atoms with Crippen molar-refractivity contribution in [1.82, 2.24) is 0 Å². The molecule has 0 aliphatic heterocycles. The van der Waals surface area contributed by atoms with Gasteiger partial charge >= 0.3 is 11.9 Å². The first-order chi connectivity index (χ1) is 26.6. The summed E-state index contributed by atoms with van der Waals surface area (Å²) in [6.07, 6.45) is 3.59. The van der Waals surface area contributed by atoms with Gasteiger partial charge in [0.05, 0.1) is 0 Å². The van der Waals surface area contributed by atoms with E-state index >= 15 is 0 Å². The summed E-state index contributed by atoms with van der Waals surface area (Å²) in [5.74, 6) is 12.5. The second kappa shape index (κ2) is 19.9. The van der Waals surface area contributed by atoms with E-state index in [4.69, 9.17) is 18.9 Å². The third-order valence-corrected chi connectivity index (χ3v) is 8.94. The summed E-state index contributed by atoms with van der Waals surface area (Å²) in [5, 5.41) is 18.6. The molecule has 1 aliphatic rings. The van der Waals surface area contributed by atoms with Crippen LogP contribution in [0.15, 0.2) is 108 Å². The molecule has 2 N–H and O–H groups in total. The second-order valence-corrected chi connectivity index (χ2v) is 13.1. The maximum atomic E-state index is 11.4. The SMILES string of the molecule is CCOC(Cc1ccc(OC/C=C(\C)C#Cc2ccc3c(c2)Cc2cc(C#C/C(C)=C/COc4ccc(CC(OCC)C(=O)O)cc4)ccc2-3)cc1)C(=O)O. The van der Waals surface area contributed by atoms with E-state index in [2.05, 4.69) is 60.1 Å². The van der Waals surface area contributed by atoms with E-state index in [0.717, 1.165) is 39.8 Å². The van der Waals surface area contributed by atoms with Gasteiger partial charge in [-0.25, -0.2) is 9.59 Å². The molecule has 8 heteroatoms. The lowest BCUT2D eigenvalue weighted by molar-refractivity contribution is -0.150. The van der Waals surface area contributed by atoms with Crippen molar-refractivity contribution in [2.24, 2.45) is 0 Å². The lowest BCUT2D eigenvalue weighted by atomic mass is 10.0. The van der Waals surface area contributed by atoms with Crippen molar-refractivity contribution < 1.29 is 38.7 Å². The number of carboxylic acid groups (broad SMARTS) is 2. The van der Waals surface area contributed by atoms with E-state index in [1.807, 2.05) is 74.5 Å². The van der Waals surface area contributed by atoms with Crippen LogP contribution in [0.5, 0.6) is 11.5 Å². The summed E-state index contributed by atoms with van der Waals surface area (Å²) in [5.41, 5.74) is 10.4. The maximum absolute atomic E-state index is 11.4. The third kappa shape index (κ3) is 12.0. The van der Waals surface area contributed by atoms with Gasteiger partial charge in [-0.1, -0.05) is 60.1 Å². The van der Waals surface area contributed by atoms with Crippen LogP contribution in [0.25, 0.3) is 11.1 Å². The van der Waals surface area contributed by atoms with Crippen molar-refractivity contribution >= 4 is 11.9 Å². The van der Waals surface area contributed by atoms with Crippen molar-refractivity contribution in [3.8, 4) is 46.3 Å². The van der Waals surface area contributed by atoms with Gasteiger partial charge < -0.3 is 29.2 Å². The molecule has 1 aliphatic carbocycles. The van der Waals surface area contributed by atoms with Crippen molar-refractivity contribution in [1.29, 1.82) is 0 Å². The fourth-order valence-corrected chi connectivity index (χ4v) is 6.04. The Balaban J connectivity index is 1.10. The minimum absolute atomic E-state index is 0.300. The molecule has 0 radical (unpaired) electrons. The fourth-order valence-electron chi connectivity index (χ4n) is 6.04. The number of ether oxygens (including phenoxy) is 4. The molecule has 0 aromatic heterocycles. The molecule has 8 nitrogen and oxygen atoms in total. The van der Waals surface area contributed by atoms with Gasteiger partial charge in [-0.15, -0.1) is 0 Å². The zero-order chi connectivity index (χ0) is 39.2. The largest absolute Gasteiger partial charge is 0.490 e. The van der Waals surface area contributed by atoms with E-state index in [0.29, 0.717) is 50.8 Å². The Hall–Kier alpha value is -6.06. The molecular weight excluding hydrogens is 693 g/mol. The Morgan fingerprint density at radius 3 is 1.40 bits per heavy atom. The Labute approximate surface area is 323 Å². The van der Waals surface area contributed by atoms with Crippen LogP contribution in [0.2, 0.25) is 0 Å². The summed E-state index contributed by atoms with van der Waals surface area (Å²) < 4.78 is 22.3. The van der Waals surface area contributed by atoms with E-state index in [1.165, 1.54) is 22.3 Å². The Morgan fingerprint density at radius 1 is 0.636 bits per heavy atom. The van der Waals surface area contributed by atoms with E-state index in [-0.39, 0.29) is 0 Å². The zero-order valence-corrected chi connectivity index (χ0v) is 31.7. The van der Waals surface area contributed by atoms with Gasteiger partial charge in [0, 0.05) is 37.2 Å². The molecular formula is C47H46O8. The molecule has 5 rings (SSSR count). The Bertz CT molecular complexity index is 2000. The summed E-state index contributed by atoms with van der Waals surface area (Å²) >= 11 is 0. The van der Waals surface area contributed by atoms with E-state index in [9.17, 15) is 19.8 Å². The lowest BCUT2D eigenvalue weighted by Gasteiger charge is -2.12. The second-order valence-electron chi connectivity index (χ2n) is 13.1. The highest BCUT2D eigenvalue weighted by Crippen LogP contribution is 2.37. The summed E-state index contributed by atoms with van der Waals surface area (Å²) in [6.45, 7) is 8.91. The Kier molecular flexibility index (Phi) is 14.5. The molecule has 0 bridgehead atoms. The molecule has 0 heterocycles. The minimum Gasteiger partial charge on any atom is -0.490 e. The van der Waals surface area contributed by atoms with Crippen LogP contribution in [0.3, 0.4) is 0 Å². The molecule has 0 saturated carbocycles. The van der Waals surface area contributed by atoms with Crippen LogP contribution in [0.4, 0.5) is 0 Å². The van der Waals surface area contributed by atoms with E-state index < -0.39 is 24.1 Å². The first-order valence-corrected chi connectivity index (χ1v) is 18.4. The van der Waals surface area contributed by atoms with Crippen LogP contribution in [-0.4, -0.2) is 60.8 Å². The van der Waals surface area contributed by atoms with Crippen molar-refractivity contribution in [2.45, 2.75) is 59.2 Å². The van der Waals surface area contributed by atoms with Gasteiger partial charge in [-0.05, 0) is 139 Å². The first-order valence-electron chi connectivity index (χ1n) is 18.4. The van der Waals surface area contributed by atoms with E-state index in [1.54, 1.807) is 13.8 Å². The number of fused-ring (bicyclic) bond motifs is 3. The fraction of sp³-hybridized carbons (Fsp3) is 0.277. The van der Waals surface area contributed by atoms with Crippen molar-refractivity contribution in [3.63, 3.8) is 0 Å². The number of rotatable bonds is 16. The van der Waals surface area contributed by atoms with Crippen LogP contribution in [0, 0.1) is 23.7 Å². The zero-order valence-electron chi connectivity index (χ0n) is 31.7. The average Bonchev–Trinajstić information content (AvgIpc) is 3.54. The van der Waals surface area contributed by atoms with Gasteiger partial charge in [0.2, 0.25) is 0 Å². The molecule has 55 heavy (non-hydrogen) atoms. The molecule has 4 aromatic rings. The maximum Gasteiger partial charge on any atom is 0.333 e. The number of carbonyl (C=O) groups is 2. The molecule has 4 aromatic carbocycles. The molecule has 0 saturated heterocycles. The van der Waals surface area contributed by atoms with Crippen LogP contribution in [0.1, 0.15) is 61.1 Å².